The fraction of sp³-hybridized carbons (Fsp3) is 0.278. The molecule has 3 rings (SSSR count). The quantitative estimate of drug-likeness (QED) is 0.906. The van der Waals surface area contributed by atoms with E-state index in [-0.39, 0.29) is 11.8 Å². The Labute approximate surface area is 124 Å². The highest BCUT2D eigenvalue weighted by molar-refractivity contribution is 6.03. The van der Waals surface area contributed by atoms with Gasteiger partial charge in [-0.25, -0.2) is 0 Å². The lowest BCUT2D eigenvalue weighted by Crippen LogP contribution is -2.14. The van der Waals surface area contributed by atoms with Crippen molar-refractivity contribution < 1.29 is 9.53 Å². The number of amides is 1. The van der Waals surface area contributed by atoms with Gasteiger partial charge in [-0.2, -0.15) is 0 Å². The first-order valence-corrected chi connectivity index (χ1v) is 7.39. The van der Waals surface area contributed by atoms with Crippen molar-refractivity contribution in [3.05, 3.63) is 59.7 Å². The van der Waals surface area contributed by atoms with E-state index in [2.05, 4.69) is 12.2 Å². The molecule has 0 spiro atoms. The number of hydrogen-bond donors (Lipinski definition) is 1. The third-order valence-electron chi connectivity index (χ3n) is 3.75. The Morgan fingerprint density at radius 2 is 1.86 bits per heavy atom. The van der Waals surface area contributed by atoms with Gasteiger partial charge in [0.15, 0.2) is 0 Å². The predicted molar refractivity (Wildman–Crippen MR) is 83.7 cm³/mol. The molecule has 0 saturated carbocycles. The lowest BCUT2D eigenvalue weighted by molar-refractivity contribution is -0.117. The van der Waals surface area contributed by atoms with Gasteiger partial charge in [0.2, 0.25) is 5.91 Å². The third kappa shape index (κ3) is 2.92. The Morgan fingerprint density at radius 1 is 1.10 bits per heavy atom. The molecule has 1 heterocycles. The first kappa shape index (κ1) is 13.7. The van der Waals surface area contributed by atoms with Gasteiger partial charge in [-0.15, -0.1) is 0 Å². The maximum atomic E-state index is 12.1. The average molecular weight is 281 g/mol. The third-order valence-corrected chi connectivity index (χ3v) is 3.75. The van der Waals surface area contributed by atoms with E-state index >= 15 is 0 Å². The first-order chi connectivity index (χ1) is 10.3. The molecule has 1 aliphatic heterocycles. The molecule has 0 bridgehead atoms. The number of nitrogens with one attached hydrogen (secondary N) is 1. The van der Waals surface area contributed by atoms with Crippen LogP contribution < -0.4 is 10.1 Å². The Hall–Kier alpha value is -2.29. The fourth-order valence-electron chi connectivity index (χ4n) is 2.66. The molecule has 0 unspecified atom stereocenters. The molecule has 2 aromatic carbocycles. The Kier molecular flexibility index (Phi) is 3.91. The molecule has 1 amide bonds. The van der Waals surface area contributed by atoms with Crippen LogP contribution in [0.3, 0.4) is 0 Å². The number of rotatable bonds is 5. The monoisotopic (exact) mass is 281 g/mol. The van der Waals surface area contributed by atoms with E-state index in [0.29, 0.717) is 0 Å². The van der Waals surface area contributed by atoms with Crippen LogP contribution in [-0.2, 0) is 11.2 Å². The van der Waals surface area contributed by atoms with E-state index < -0.39 is 0 Å². The molecule has 0 radical (unpaired) electrons. The zero-order chi connectivity index (χ0) is 14.7. The number of carbonyl (C=O) groups excluding carboxylic acids is 1. The number of ether oxygens (including phenoxy) is 1. The van der Waals surface area contributed by atoms with Crippen LogP contribution in [0.1, 0.15) is 30.4 Å². The van der Waals surface area contributed by atoms with Gasteiger partial charge in [0, 0.05) is 5.69 Å². The summed E-state index contributed by atoms with van der Waals surface area (Å²) in [6, 6.07) is 15.9. The average Bonchev–Trinajstić information content (AvgIpc) is 2.83. The summed E-state index contributed by atoms with van der Waals surface area (Å²) in [6.45, 7) is 2.82. The summed E-state index contributed by atoms with van der Waals surface area (Å²) in [5, 5.41) is 2.94. The van der Waals surface area contributed by atoms with E-state index in [1.54, 1.807) is 0 Å². The molecule has 0 fully saturated rings. The van der Waals surface area contributed by atoms with Gasteiger partial charge in [-0.3, -0.25) is 4.79 Å². The molecule has 0 saturated heterocycles. The molecule has 2 aromatic rings. The van der Waals surface area contributed by atoms with Gasteiger partial charge < -0.3 is 10.1 Å². The topological polar surface area (TPSA) is 38.3 Å². The largest absolute Gasteiger partial charge is 0.494 e. The standard InChI is InChI=1S/C18H19NO2/c1-2-11-21-14-9-7-13(8-10-14)12-16-15-5-3-4-6-17(15)19-18(16)20/h3-10,16H,2,11-12H2,1H3,(H,19,20)/t16-/m1/s1. The van der Waals surface area contributed by atoms with Crippen molar-refractivity contribution in [2.45, 2.75) is 25.7 Å². The maximum Gasteiger partial charge on any atom is 0.232 e. The van der Waals surface area contributed by atoms with Crippen LogP contribution >= 0.6 is 0 Å². The highest BCUT2D eigenvalue weighted by Gasteiger charge is 2.29. The predicted octanol–water partition coefficient (Wildman–Crippen LogP) is 3.75. The van der Waals surface area contributed by atoms with Crippen LogP contribution in [0.15, 0.2) is 48.5 Å². The fourth-order valence-corrected chi connectivity index (χ4v) is 2.66. The van der Waals surface area contributed by atoms with Crippen molar-refractivity contribution in [3.8, 4) is 5.75 Å². The second kappa shape index (κ2) is 6.00. The molecule has 3 nitrogen and oxygen atoms in total. The number of hydrogen-bond acceptors (Lipinski definition) is 2. The summed E-state index contributed by atoms with van der Waals surface area (Å²) in [5.41, 5.74) is 3.18. The van der Waals surface area contributed by atoms with Crippen LogP contribution in [0.4, 0.5) is 5.69 Å². The normalized spacial score (nSPS) is 16.4. The van der Waals surface area contributed by atoms with Crippen molar-refractivity contribution in [3.63, 3.8) is 0 Å². The van der Waals surface area contributed by atoms with Crippen molar-refractivity contribution in [1.29, 1.82) is 0 Å². The maximum absolute atomic E-state index is 12.1. The van der Waals surface area contributed by atoms with E-state index in [1.807, 2.05) is 48.5 Å². The zero-order valence-electron chi connectivity index (χ0n) is 12.1. The lowest BCUT2D eigenvalue weighted by atomic mass is 9.93. The first-order valence-electron chi connectivity index (χ1n) is 7.39. The SMILES string of the molecule is CCCOc1ccc(C[C@H]2C(=O)Nc3ccccc32)cc1. The Morgan fingerprint density at radius 3 is 2.62 bits per heavy atom. The number of para-hydroxylation sites is 1. The summed E-state index contributed by atoms with van der Waals surface area (Å²) in [6.07, 6.45) is 1.72. The minimum Gasteiger partial charge on any atom is -0.494 e. The Bertz CT molecular complexity index is 634. The van der Waals surface area contributed by atoms with Gasteiger partial charge in [0.25, 0.3) is 0 Å². The van der Waals surface area contributed by atoms with Crippen molar-refractivity contribution in [1.82, 2.24) is 0 Å². The number of anilines is 1. The van der Waals surface area contributed by atoms with E-state index in [0.717, 1.165) is 42.0 Å². The van der Waals surface area contributed by atoms with Crippen LogP contribution in [0.25, 0.3) is 0 Å². The highest BCUT2D eigenvalue weighted by atomic mass is 16.5. The van der Waals surface area contributed by atoms with Crippen molar-refractivity contribution in [2.75, 3.05) is 11.9 Å². The summed E-state index contributed by atoms with van der Waals surface area (Å²) >= 11 is 0. The lowest BCUT2D eigenvalue weighted by Gasteiger charge is -2.10. The van der Waals surface area contributed by atoms with Gasteiger partial charge in [-0.05, 0) is 42.2 Å². The van der Waals surface area contributed by atoms with Gasteiger partial charge >= 0.3 is 0 Å². The van der Waals surface area contributed by atoms with Gasteiger partial charge in [-0.1, -0.05) is 37.3 Å². The second-order valence-corrected chi connectivity index (χ2v) is 5.33. The van der Waals surface area contributed by atoms with Crippen molar-refractivity contribution in [2.24, 2.45) is 0 Å². The van der Waals surface area contributed by atoms with E-state index in [9.17, 15) is 4.79 Å². The minimum absolute atomic E-state index is 0.0857. The zero-order valence-corrected chi connectivity index (χ0v) is 12.1. The molecule has 1 atom stereocenters. The molecular formula is C18H19NO2. The Balaban J connectivity index is 1.73. The summed E-state index contributed by atoms with van der Waals surface area (Å²) in [7, 11) is 0. The number of carbonyl (C=O) groups is 1. The van der Waals surface area contributed by atoms with E-state index in [4.69, 9.17) is 4.74 Å². The van der Waals surface area contributed by atoms with Crippen LogP contribution in [0, 0.1) is 0 Å². The van der Waals surface area contributed by atoms with Crippen LogP contribution in [0.5, 0.6) is 5.75 Å². The highest BCUT2D eigenvalue weighted by Crippen LogP contribution is 2.34. The summed E-state index contributed by atoms with van der Waals surface area (Å²) < 4.78 is 5.58. The molecular weight excluding hydrogens is 262 g/mol. The van der Waals surface area contributed by atoms with Gasteiger partial charge in [0.05, 0.1) is 12.5 Å². The summed E-state index contributed by atoms with van der Waals surface area (Å²) in [5.74, 6) is 0.878. The van der Waals surface area contributed by atoms with E-state index in [1.165, 1.54) is 0 Å². The smallest absolute Gasteiger partial charge is 0.232 e. The molecule has 21 heavy (non-hydrogen) atoms. The van der Waals surface area contributed by atoms with Crippen LogP contribution in [-0.4, -0.2) is 12.5 Å². The number of fused-ring (bicyclic) bond motifs is 1. The number of benzene rings is 2. The second-order valence-electron chi connectivity index (χ2n) is 5.33. The molecule has 0 aliphatic carbocycles. The minimum atomic E-state index is -0.0939. The molecule has 1 N–H and O–H groups in total. The van der Waals surface area contributed by atoms with Crippen LogP contribution in [0.2, 0.25) is 0 Å². The molecule has 0 aromatic heterocycles. The molecule has 1 aliphatic rings. The summed E-state index contributed by atoms with van der Waals surface area (Å²) in [4.78, 5) is 12.1. The van der Waals surface area contributed by atoms with Gasteiger partial charge in [0.1, 0.15) is 5.75 Å². The molecule has 3 heteroatoms. The van der Waals surface area contributed by atoms with Crippen molar-refractivity contribution >= 4 is 11.6 Å². The molecule has 108 valence electrons.